The Morgan fingerprint density at radius 1 is 1.33 bits per heavy atom. The van der Waals surface area contributed by atoms with Gasteiger partial charge in [0.2, 0.25) is 5.78 Å². The summed E-state index contributed by atoms with van der Waals surface area (Å²) in [5, 5.41) is 3.59. The van der Waals surface area contributed by atoms with E-state index in [1.165, 1.54) is 11.1 Å². The van der Waals surface area contributed by atoms with Gasteiger partial charge in [-0.15, -0.1) is 0 Å². The van der Waals surface area contributed by atoms with Gasteiger partial charge in [-0.2, -0.15) is 0 Å². The first-order valence-corrected chi connectivity index (χ1v) is 7.82. The van der Waals surface area contributed by atoms with Gasteiger partial charge in [-0.3, -0.25) is 4.79 Å². The van der Waals surface area contributed by atoms with Gasteiger partial charge in [-0.1, -0.05) is 25.1 Å². The zero-order chi connectivity index (χ0) is 14.7. The SMILES string of the molecule is CCCNC1CCc2cccc(C(=O)c3ccc[nH]3)c2C1. The quantitative estimate of drug-likeness (QED) is 0.828. The van der Waals surface area contributed by atoms with Crippen LogP contribution in [0.2, 0.25) is 0 Å². The lowest BCUT2D eigenvalue weighted by Gasteiger charge is -2.27. The summed E-state index contributed by atoms with van der Waals surface area (Å²) in [7, 11) is 0. The minimum Gasteiger partial charge on any atom is -0.359 e. The second-order valence-corrected chi connectivity index (χ2v) is 5.75. The maximum Gasteiger partial charge on any atom is 0.209 e. The van der Waals surface area contributed by atoms with E-state index >= 15 is 0 Å². The zero-order valence-electron chi connectivity index (χ0n) is 12.5. The number of aromatic amines is 1. The van der Waals surface area contributed by atoms with Crippen molar-refractivity contribution < 1.29 is 4.79 Å². The fourth-order valence-electron chi connectivity index (χ4n) is 3.14. The monoisotopic (exact) mass is 282 g/mol. The van der Waals surface area contributed by atoms with Crippen molar-refractivity contribution in [3.63, 3.8) is 0 Å². The summed E-state index contributed by atoms with van der Waals surface area (Å²) in [6.45, 7) is 3.23. The number of rotatable bonds is 5. The van der Waals surface area contributed by atoms with Crippen LogP contribution in [0, 0.1) is 0 Å². The van der Waals surface area contributed by atoms with E-state index in [4.69, 9.17) is 0 Å². The molecule has 3 rings (SSSR count). The first kappa shape index (κ1) is 14.1. The van der Waals surface area contributed by atoms with Crippen molar-refractivity contribution in [2.75, 3.05) is 6.54 Å². The molecular formula is C18H22N2O. The highest BCUT2D eigenvalue weighted by Gasteiger charge is 2.23. The molecule has 110 valence electrons. The van der Waals surface area contributed by atoms with Gasteiger partial charge >= 0.3 is 0 Å². The molecule has 2 aromatic rings. The summed E-state index contributed by atoms with van der Waals surface area (Å²) in [5.41, 5.74) is 4.10. The number of benzene rings is 1. The molecule has 1 aliphatic rings. The van der Waals surface area contributed by atoms with Crippen LogP contribution in [0.3, 0.4) is 0 Å². The van der Waals surface area contributed by atoms with Crippen molar-refractivity contribution in [3.05, 3.63) is 58.9 Å². The van der Waals surface area contributed by atoms with Gasteiger partial charge in [-0.25, -0.2) is 0 Å². The molecule has 0 saturated carbocycles. The Morgan fingerprint density at radius 3 is 3.00 bits per heavy atom. The van der Waals surface area contributed by atoms with Crippen LogP contribution in [0.25, 0.3) is 0 Å². The van der Waals surface area contributed by atoms with E-state index in [0.29, 0.717) is 11.7 Å². The molecule has 1 aliphatic carbocycles. The van der Waals surface area contributed by atoms with Crippen LogP contribution in [0.5, 0.6) is 0 Å². The third-order valence-corrected chi connectivity index (χ3v) is 4.26. The number of ketones is 1. The molecule has 0 saturated heterocycles. The number of fused-ring (bicyclic) bond motifs is 1. The molecule has 1 aromatic heterocycles. The molecule has 3 nitrogen and oxygen atoms in total. The maximum atomic E-state index is 12.6. The summed E-state index contributed by atoms with van der Waals surface area (Å²) in [5.74, 6) is 0.105. The van der Waals surface area contributed by atoms with Crippen LogP contribution in [-0.2, 0) is 12.8 Å². The van der Waals surface area contributed by atoms with Gasteiger partial charge in [0, 0.05) is 17.8 Å². The lowest BCUT2D eigenvalue weighted by atomic mass is 9.84. The van der Waals surface area contributed by atoms with Gasteiger partial charge in [0.1, 0.15) is 0 Å². The summed E-state index contributed by atoms with van der Waals surface area (Å²) in [6.07, 6.45) is 6.12. The average molecular weight is 282 g/mol. The third kappa shape index (κ3) is 2.93. The Labute approximate surface area is 125 Å². The lowest BCUT2D eigenvalue weighted by Crippen LogP contribution is -2.35. The Bertz CT molecular complexity index is 616. The molecule has 0 amide bonds. The second-order valence-electron chi connectivity index (χ2n) is 5.75. The molecule has 1 atom stereocenters. The lowest BCUT2D eigenvalue weighted by molar-refractivity contribution is 0.103. The highest BCUT2D eigenvalue weighted by molar-refractivity contribution is 6.09. The van der Waals surface area contributed by atoms with E-state index < -0.39 is 0 Å². The second kappa shape index (κ2) is 6.27. The molecule has 1 heterocycles. The van der Waals surface area contributed by atoms with E-state index in [0.717, 1.165) is 37.8 Å². The molecule has 3 heteroatoms. The topological polar surface area (TPSA) is 44.9 Å². The fourth-order valence-corrected chi connectivity index (χ4v) is 3.14. The predicted octanol–water partition coefficient (Wildman–Crippen LogP) is 3.10. The van der Waals surface area contributed by atoms with Crippen molar-refractivity contribution in [1.82, 2.24) is 10.3 Å². The number of aryl methyl sites for hydroxylation is 1. The van der Waals surface area contributed by atoms with Gasteiger partial charge < -0.3 is 10.3 Å². The summed E-state index contributed by atoms with van der Waals surface area (Å²) in [4.78, 5) is 15.7. The van der Waals surface area contributed by atoms with Gasteiger partial charge in [0.05, 0.1) is 5.69 Å². The van der Waals surface area contributed by atoms with E-state index in [1.807, 2.05) is 24.3 Å². The molecule has 0 bridgehead atoms. The van der Waals surface area contributed by atoms with E-state index in [-0.39, 0.29) is 5.78 Å². The minimum absolute atomic E-state index is 0.105. The van der Waals surface area contributed by atoms with Crippen LogP contribution in [0.1, 0.15) is 46.9 Å². The smallest absolute Gasteiger partial charge is 0.209 e. The molecule has 0 fully saturated rings. The number of hydrogen-bond donors (Lipinski definition) is 2. The van der Waals surface area contributed by atoms with Crippen LogP contribution in [0.4, 0.5) is 0 Å². The number of hydrogen-bond acceptors (Lipinski definition) is 2. The largest absolute Gasteiger partial charge is 0.359 e. The first-order valence-electron chi connectivity index (χ1n) is 7.82. The van der Waals surface area contributed by atoms with Crippen LogP contribution < -0.4 is 5.32 Å². The van der Waals surface area contributed by atoms with Crippen molar-refractivity contribution >= 4 is 5.78 Å². The number of aromatic nitrogens is 1. The van der Waals surface area contributed by atoms with Crippen LogP contribution in [0.15, 0.2) is 36.5 Å². The Morgan fingerprint density at radius 2 is 2.24 bits per heavy atom. The number of carbonyl (C=O) groups is 1. The molecular weight excluding hydrogens is 260 g/mol. The molecule has 0 aliphatic heterocycles. The zero-order valence-corrected chi connectivity index (χ0v) is 12.5. The molecule has 1 unspecified atom stereocenters. The minimum atomic E-state index is 0.105. The van der Waals surface area contributed by atoms with Crippen molar-refractivity contribution in [1.29, 1.82) is 0 Å². The summed E-state index contributed by atoms with van der Waals surface area (Å²) in [6, 6.07) is 10.3. The van der Waals surface area contributed by atoms with E-state index in [2.05, 4.69) is 23.3 Å². The number of nitrogens with one attached hydrogen (secondary N) is 2. The fraction of sp³-hybridized carbons (Fsp3) is 0.389. The van der Waals surface area contributed by atoms with Crippen molar-refractivity contribution in [2.45, 2.75) is 38.6 Å². The van der Waals surface area contributed by atoms with Crippen LogP contribution in [-0.4, -0.2) is 23.4 Å². The van der Waals surface area contributed by atoms with Crippen molar-refractivity contribution in [3.8, 4) is 0 Å². The number of H-pyrrole nitrogens is 1. The third-order valence-electron chi connectivity index (χ3n) is 4.26. The summed E-state index contributed by atoms with van der Waals surface area (Å²) >= 11 is 0. The normalized spacial score (nSPS) is 17.5. The predicted molar refractivity (Wildman–Crippen MR) is 84.8 cm³/mol. The first-order chi connectivity index (χ1) is 10.3. The molecule has 0 spiro atoms. The van der Waals surface area contributed by atoms with Gasteiger partial charge in [-0.05, 0) is 55.5 Å². The Kier molecular flexibility index (Phi) is 4.20. The highest BCUT2D eigenvalue weighted by Crippen LogP contribution is 2.26. The Balaban J connectivity index is 1.88. The van der Waals surface area contributed by atoms with E-state index in [9.17, 15) is 4.79 Å². The maximum absolute atomic E-state index is 12.6. The molecule has 0 radical (unpaired) electrons. The molecule has 21 heavy (non-hydrogen) atoms. The number of carbonyl (C=O) groups excluding carboxylic acids is 1. The van der Waals surface area contributed by atoms with Gasteiger partial charge in [0.25, 0.3) is 0 Å². The Hall–Kier alpha value is -1.87. The van der Waals surface area contributed by atoms with Gasteiger partial charge in [0.15, 0.2) is 0 Å². The highest BCUT2D eigenvalue weighted by atomic mass is 16.1. The van der Waals surface area contributed by atoms with Crippen molar-refractivity contribution in [2.24, 2.45) is 0 Å². The standard InChI is InChI=1S/C18H22N2O/c1-2-10-19-14-9-8-13-5-3-6-15(16(13)12-14)18(21)17-7-4-11-20-17/h3-7,11,14,19-20H,2,8-10,12H2,1H3. The summed E-state index contributed by atoms with van der Waals surface area (Å²) < 4.78 is 0. The molecule has 1 aromatic carbocycles. The van der Waals surface area contributed by atoms with E-state index in [1.54, 1.807) is 6.20 Å². The molecule has 2 N–H and O–H groups in total. The van der Waals surface area contributed by atoms with Crippen LogP contribution >= 0.6 is 0 Å². The average Bonchev–Trinajstić information content (AvgIpc) is 3.06.